The Labute approximate surface area is 101 Å². The molecule has 1 saturated heterocycles. The Morgan fingerprint density at radius 1 is 1.47 bits per heavy atom. The van der Waals surface area contributed by atoms with Crippen LogP contribution in [0.3, 0.4) is 0 Å². The van der Waals surface area contributed by atoms with Crippen molar-refractivity contribution < 1.29 is 14.6 Å². The number of benzene rings is 1. The summed E-state index contributed by atoms with van der Waals surface area (Å²) in [6.07, 6.45) is 2.61. The van der Waals surface area contributed by atoms with E-state index in [0.717, 1.165) is 12.8 Å². The summed E-state index contributed by atoms with van der Waals surface area (Å²) < 4.78 is 5.67. The fourth-order valence-electron chi connectivity index (χ4n) is 2.08. The van der Waals surface area contributed by atoms with Crippen LogP contribution in [0.1, 0.15) is 30.1 Å². The Morgan fingerprint density at radius 2 is 2.24 bits per heavy atom. The Bertz CT molecular complexity index is 405. The van der Waals surface area contributed by atoms with Gasteiger partial charge in [0, 0.05) is 12.2 Å². The number of ether oxygens (including phenoxy) is 1. The first kappa shape index (κ1) is 11.9. The third-order valence-electron chi connectivity index (χ3n) is 3.00. The molecule has 4 heteroatoms. The summed E-state index contributed by atoms with van der Waals surface area (Å²) in [7, 11) is 0. The van der Waals surface area contributed by atoms with Crippen molar-refractivity contribution in [2.24, 2.45) is 0 Å². The van der Waals surface area contributed by atoms with Crippen molar-refractivity contribution in [2.75, 3.05) is 11.9 Å². The smallest absolute Gasteiger partial charge is 0.337 e. The SMILES string of the molecule is CC1CCC(CNc2ccccc2C(=O)O)O1. The summed E-state index contributed by atoms with van der Waals surface area (Å²) in [4.78, 5) is 11.0. The van der Waals surface area contributed by atoms with Crippen LogP contribution in [-0.4, -0.2) is 29.8 Å². The van der Waals surface area contributed by atoms with E-state index in [9.17, 15) is 4.79 Å². The zero-order valence-corrected chi connectivity index (χ0v) is 9.85. The van der Waals surface area contributed by atoms with Gasteiger partial charge in [0.2, 0.25) is 0 Å². The molecule has 0 aromatic heterocycles. The molecule has 0 bridgehead atoms. The molecule has 2 unspecified atom stereocenters. The van der Waals surface area contributed by atoms with Crippen LogP contribution in [0.4, 0.5) is 5.69 Å². The van der Waals surface area contributed by atoms with E-state index in [0.29, 0.717) is 23.9 Å². The van der Waals surface area contributed by atoms with E-state index < -0.39 is 5.97 Å². The van der Waals surface area contributed by atoms with Crippen molar-refractivity contribution in [1.29, 1.82) is 0 Å². The summed E-state index contributed by atoms with van der Waals surface area (Å²) in [5.41, 5.74) is 0.960. The number of carboxylic acid groups (broad SMARTS) is 1. The molecule has 2 atom stereocenters. The second-order valence-electron chi connectivity index (χ2n) is 4.38. The summed E-state index contributed by atoms with van der Waals surface area (Å²) in [5.74, 6) is -0.909. The number of hydrogen-bond donors (Lipinski definition) is 2. The monoisotopic (exact) mass is 235 g/mol. The standard InChI is InChI=1S/C13H17NO3/c1-9-6-7-10(17-9)8-14-12-5-3-2-4-11(12)13(15)16/h2-5,9-10,14H,6-8H2,1H3,(H,15,16). The average Bonchev–Trinajstić information content (AvgIpc) is 2.73. The Morgan fingerprint density at radius 3 is 2.88 bits per heavy atom. The molecule has 1 aliphatic heterocycles. The third kappa shape index (κ3) is 2.97. The van der Waals surface area contributed by atoms with Crippen LogP contribution in [0.2, 0.25) is 0 Å². The van der Waals surface area contributed by atoms with Crippen LogP contribution in [0.25, 0.3) is 0 Å². The summed E-state index contributed by atoms with van der Waals surface area (Å²) in [5, 5.41) is 12.2. The van der Waals surface area contributed by atoms with E-state index in [4.69, 9.17) is 9.84 Å². The van der Waals surface area contributed by atoms with E-state index in [2.05, 4.69) is 12.2 Å². The number of anilines is 1. The summed E-state index contributed by atoms with van der Waals surface area (Å²) in [6, 6.07) is 6.93. The van der Waals surface area contributed by atoms with Gasteiger partial charge < -0.3 is 15.2 Å². The zero-order valence-electron chi connectivity index (χ0n) is 9.85. The summed E-state index contributed by atoms with van der Waals surface area (Å²) >= 11 is 0. The lowest BCUT2D eigenvalue weighted by Crippen LogP contribution is -2.20. The molecule has 0 spiro atoms. The molecule has 1 aliphatic rings. The maximum absolute atomic E-state index is 11.0. The molecule has 2 rings (SSSR count). The molecule has 1 fully saturated rings. The van der Waals surface area contributed by atoms with Crippen LogP contribution in [0, 0.1) is 0 Å². The quantitative estimate of drug-likeness (QED) is 0.841. The van der Waals surface area contributed by atoms with Crippen LogP contribution in [0.15, 0.2) is 24.3 Å². The lowest BCUT2D eigenvalue weighted by atomic mass is 10.1. The minimum absolute atomic E-state index is 0.187. The van der Waals surface area contributed by atoms with Gasteiger partial charge in [-0.25, -0.2) is 4.79 Å². The van der Waals surface area contributed by atoms with Crippen molar-refractivity contribution in [3.63, 3.8) is 0 Å². The molecular weight excluding hydrogens is 218 g/mol. The maximum atomic E-state index is 11.0. The van der Waals surface area contributed by atoms with Gasteiger partial charge in [-0.2, -0.15) is 0 Å². The topological polar surface area (TPSA) is 58.6 Å². The summed E-state index contributed by atoms with van der Waals surface area (Å²) in [6.45, 7) is 2.72. The van der Waals surface area contributed by atoms with Gasteiger partial charge >= 0.3 is 5.97 Å². The predicted octanol–water partition coefficient (Wildman–Crippen LogP) is 2.36. The molecular formula is C13H17NO3. The largest absolute Gasteiger partial charge is 0.478 e. The molecule has 1 aromatic carbocycles. The number of hydrogen-bond acceptors (Lipinski definition) is 3. The average molecular weight is 235 g/mol. The Kier molecular flexibility index (Phi) is 3.64. The first-order chi connectivity index (χ1) is 8.16. The Hall–Kier alpha value is -1.55. The van der Waals surface area contributed by atoms with Crippen LogP contribution < -0.4 is 5.32 Å². The van der Waals surface area contributed by atoms with Gasteiger partial charge in [0.05, 0.1) is 17.8 Å². The van der Waals surface area contributed by atoms with Crippen molar-refractivity contribution in [2.45, 2.75) is 32.0 Å². The predicted molar refractivity (Wildman–Crippen MR) is 65.5 cm³/mol. The van der Waals surface area contributed by atoms with Crippen LogP contribution >= 0.6 is 0 Å². The fraction of sp³-hybridized carbons (Fsp3) is 0.462. The van der Waals surface area contributed by atoms with Gasteiger partial charge in [-0.15, -0.1) is 0 Å². The van der Waals surface area contributed by atoms with Crippen molar-refractivity contribution >= 4 is 11.7 Å². The molecule has 1 heterocycles. The first-order valence-corrected chi connectivity index (χ1v) is 5.88. The number of rotatable bonds is 4. The molecule has 92 valence electrons. The fourth-order valence-corrected chi connectivity index (χ4v) is 2.08. The van der Waals surface area contributed by atoms with Gasteiger partial charge in [-0.3, -0.25) is 0 Å². The highest BCUT2D eigenvalue weighted by molar-refractivity contribution is 5.94. The maximum Gasteiger partial charge on any atom is 0.337 e. The first-order valence-electron chi connectivity index (χ1n) is 5.88. The van der Waals surface area contributed by atoms with Gasteiger partial charge in [0.15, 0.2) is 0 Å². The lowest BCUT2D eigenvalue weighted by molar-refractivity contribution is 0.0634. The van der Waals surface area contributed by atoms with Gasteiger partial charge in [-0.1, -0.05) is 12.1 Å². The number of para-hydroxylation sites is 1. The molecule has 0 radical (unpaired) electrons. The minimum Gasteiger partial charge on any atom is -0.478 e. The van der Waals surface area contributed by atoms with Crippen molar-refractivity contribution in [1.82, 2.24) is 0 Å². The normalized spacial score (nSPS) is 23.6. The number of carbonyl (C=O) groups is 1. The van der Waals surface area contributed by atoms with Crippen molar-refractivity contribution in [3.8, 4) is 0 Å². The molecule has 0 amide bonds. The minimum atomic E-state index is -0.909. The number of aromatic carboxylic acids is 1. The highest BCUT2D eigenvalue weighted by Crippen LogP contribution is 2.21. The van der Waals surface area contributed by atoms with Crippen LogP contribution in [-0.2, 0) is 4.74 Å². The van der Waals surface area contributed by atoms with Crippen LogP contribution in [0.5, 0.6) is 0 Å². The number of nitrogens with one attached hydrogen (secondary N) is 1. The second kappa shape index (κ2) is 5.19. The molecule has 1 aromatic rings. The lowest BCUT2D eigenvalue weighted by Gasteiger charge is -2.14. The van der Waals surface area contributed by atoms with E-state index in [1.165, 1.54) is 0 Å². The highest BCUT2D eigenvalue weighted by Gasteiger charge is 2.21. The van der Waals surface area contributed by atoms with Crippen molar-refractivity contribution in [3.05, 3.63) is 29.8 Å². The second-order valence-corrected chi connectivity index (χ2v) is 4.38. The van der Waals surface area contributed by atoms with Gasteiger partial charge in [0.1, 0.15) is 0 Å². The molecule has 17 heavy (non-hydrogen) atoms. The molecule has 2 N–H and O–H groups in total. The Balaban J connectivity index is 1.97. The number of carboxylic acids is 1. The van der Waals surface area contributed by atoms with E-state index in [1.54, 1.807) is 18.2 Å². The van der Waals surface area contributed by atoms with E-state index in [1.807, 2.05) is 6.07 Å². The third-order valence-corrected chi connectivity index (χ3v) is 3.00. The van der Waals surface area contributed by atoms with Gasteiger partial charge in [0.25, 0.3) is 0 Å². The van der Waals surface area contributed by atoms with Gasteiger partial charge in [-0.05, 0) is 31.9 Å². The van der Waals surface area contributed by atoms with E-state index >= 15 is 0 Å². The molecule has 0 aliphatic carbocycles. The van der Waals surface area contributed by atoms with E-state index in [-0.39, 0.29) is 6.10 Å². The zero-order chi connectivity index (χ0) is 12.3. The molecule has 0 saturated carbocycles. The molecule has 4 nitrogen and oxygen atoms in total. The highest BCUT2D eigenvalue weighted by atomic mass is 16.5.